The minimum atomic E-state index is -0.471. The van der Waals surface area contributed by atoms with E-state index in [9.17, 15) is 19.3 Å². The molecule has 1 amide bonds. The fourth-order valence-electron chi connectivity index (χ4n) is 3.20. The van der Waals surface area contributed by atoms with Crippen molar-refractivity contribution in [3.05, 3.63) is 57.7 Å². The van der Waals surface area contributed by atoms with E-state index < -0.39 is 4.92 Å². The highest BCUT2D eigenvalue weighted by molar-refractivity contribution is 5.76. The number of hydrogen-bond donors (Lipinski definition) is 0. The van der Waals surface area contributed by atoms with Gasteiger partial charge in [0.2, 0.25) is 5.91 Å². The van der Waals surface area contributed by atoms with Crippen LogP contribution < -0.4 is 0 Å². The molecule has 8 nitrogen and oxygen atoms in total. The Labute approximate surface area is 156 Å². The van der Waals surface area contributed by atoms with E-state index in [1.54, 1.807) is 19.1 Å². The fraction of sp³-hybridized carbons (Fsp3) is 0.444. The van der Waals surface area contributed by atoms with E-state index in [-0.39, 0.29) is 23.8 Å². The van der Waals surface area contributed by atoms with Gasteiger partial charge in [-0.25, -0.2) is 4.39 Å². The zero-order valence-electron chi connectivity index (χ0n) is 15.2. The van der Waals surface area contributed by atoms with Gasteiger partial charge in [0.25, 0.3) is 0 Å². The molecule has 0 N–H and O–H groups in total. The number of rotatable bonds is 6. The summed E-state index contributed by atoms with van der Waals surface area (Å²) < 4.78 is 14.5. The van der Waals surface area contributed by atoms with Crippen LogP contribution in [0.1, 0.15) is 17.7 Å². The number of nitro groups is 1. The lowest BCUT2D eigenvalue weighted by Crippen LogP contribution is -2.48. The molecule has 0 atom stereocenters. The largest absolute Gasteiger partial charge is 0.340 e. The second-order valence-corrected chi connectivity index (χ2v) is 6.63. The maximum absolute atomic E-state index is 13.0. The Morgan fingerprint density at radius 3 is 2.48 bits per heavy atom. The van der Waals surface area contributed by atoms with Gasteiger partial charge in [0.1, 0.15) is 17.7 Å². The van der Waals surface area contributed by atoms with Gasteiger partial charge in [-0.3, -0.25) is 24.5 Å². The molecule has 144 valence electrons. The van der Waals surface area contributed by atoms with Crippen LogP contribution in [0.15, 0.2) is 30.5 Å². The molecule has 9 heteroatoms. The van der Waals surface area contributed by atoms with E-state index in [2.05, 4.69) is 10.00 Å². The monoisotopic (exact) mass is 375 g/mol. The van der Waals surface area contributed by atoms with Crippen LogP contribution in [0, 0.1) is 22.9 Å². The molecule has 0 saturated carbocycles. The van der Waals surface area contributed by atoms with Gasteiger partial charge in [-0.2, -0.15) is 5.10 Å². The number of aromatic nitrogens is 2. The summed E-state index contributed by atoms with van der Waals surface area (Å²) in [6, 6.07) is 6.46. The lowest BCUT2D eigenvalue weighted by molar-refractivity contribution is -0.385. The van der Waals surface area contributed by atoms with Crippen LogP contribution in [0.3, 0.4) is 0 Å². The quantitative estimate of drug-likeness (QED) is 0.569. The van der Waals surface area contributed by atoms with E-state index in [0.717, 1.165) is 25.2 Å². The average Bonchev–Trinajstić information content (AvgIpc) is 3.03. The number of aryl methyl sites for hydroxylation is 1. The predicted octanol–water partition coefficient (Wildman–Crippen LogP) is 1.97. The summed E-state index contributed by atoms with van der Waals surface area (Å²) in [5.41, 5.74) is 1.47. The van der Waals surface area contributed by atoms with Gasteiger partial charge in [0.15, 0.2) is 0 Å². The van der Waals surface area contributed by atoms with Gasteiger partial charge in [-0.1, -0.05) is 12.1 Å². The first kappa shape index (κ1) is 19.0. The van der Waals surface area contributed by atoms with Crippen molar-refractivity contribution in [1.29, 1.82) is 0 Å². The van der Waals surface area contributed by atoms with Crippen molar-refractivity contribution in [3.63, 3.8) is 0 Å². The van der Waals surface area contributed by atoms with Gasteiger partial charge < -0.3 is 4.90 Å². The maximum atomic E-state index is 13.0. The molecule has 1 aromatic heterocycles. The Morgan fingerprint density at radius 2 is 1.89 bits per heavy atom. The van der Waals surface area contributed by atoms with Gasteiger partial charge in [-0.15, -0.1) is 0 Å². The molecule has 1 aromatic carbocycles. The number of carbonyl (C=O) groups excluding carboxylic acids is 1. The Morgan fingerprint density at radius 1 is 1.22 bits per heavy atom. The topological polar surface area (TPSA) is 84.5 Å². The molecule has 1 aliphatic heterocycles. The summed E-state index contributed by atoms with van der Waals surface area (Å²) in [6.45, 7) is 5.48. The van der Waals surface area contributed by atoms with Crippen LogP contribution in [0.4, 0.5) is 10.1 Å². The smallest absolute Gasteiger partial charge is 0.309 e. The second kappa shape index (κ2) is 8.26. The van der Waals surface area contributed by atoms with Crippen LogP contribution in [-0.4, -0.2) is 56.6 Å². The molecule has 1 saturated heterocycles. The van der Waals surface area contributed by atoms with E-state index in [0.29, 0.717) is 25.3 Å². The first-order chi connectivity index (χ1) is 12.9. The molecule has 0 unspecified atom stereocenters. The predicted molar refractivity (Wildman–Crippen MR) is 96.5 cm³/mol. The van der Waals surface area contributed by atoms with Crippen molar-refractivity contribution in [2.24, 2.45) is 0 Å². The maximum Gasteiger partial charge on any atom is 0.309 e. The zero-order valence-corrected chi connectivity index (χ0v) is 15.2. The molecular formula is C18H22FN5O3. The van der Waals surface area contributed by atoms with Gasteiger partial charge >= 0.3 is 5.69 Å². The van der Waals surface area contributed by atoms with E-state index in [1.165, 1.54) is 23.0 Å². The third-order valence-corrected chi connectivity index (χ3v) is 4.86. The summed E-state index contributed by atoms with van der Waals surface area (Å²) in [4.78, 5) is 26.8. The van der Waals surface area contributed by atoms with Crippen LogP contribution in [0.2, 0.25) is 0 Å². The van der Waals surface area contributed by atoms with E-state index in [1.807, 2.05) is 4.90 Å². The lowest BCUT2D eigenvalue weighted by atomic mass is 10.2. The molecule has 2 aromatic rings. The zero-order chi connectivity index (χ0) is 19.4. The molecule has 0 radical (unpaired) electrons. The normalized spacial score (nSPS) is 15.1. The third kappa shape index (κ3) is 4.68. The third-order valence-electron chi connectivity index (χ3n) is 4.86. The molecule has 1 aliphatic rings. The highest BCUT2D eigenvalue weighted by atomic mass is 19.1. The van der Waals surface area contributed by atoms with Crippen LogP contribution in [0.25, 0.3) is 0 Å². The second-order valence-electron chi connectivity index (χ2n) is 6.63. The summed E-state index contributed by atoms with van der Waals surface area (Å²) in [6.07, 6.45) is 1.48. The van der Waals surface area contributed by atoms with Gasteiger partial charge in [0.05, 0.1) is 11.5 Å². The van der Waals surface area contributed by atoms with Crippen molar-refractivity contribution in [1.82, 2.24) is 19.6 Å². The number of benzene rings is 1. The number of hydrogen-bond acceptors (Lipinski definition) is 5. The van der Waals surface area contributed by atoms with Crippen LogP contribution in [0.5, 0.6) is 0 Å². The summed E-state index contributed by atoms with van der Waals surface area (Å²) >= 11 is 0. The van der Waals surface area contributed by atoms with E-state index in [4.69, 9.17) is 0 Å². The minimum absolute atomic E-state index is 0.0222. The fourth-order valence-corrected chi connectivity index (χ4v) is 3.20. The lowest BCUT2D eigenvalue weighted by Gasteiger charge is -2.34. The number of carbonyl (C=O) groups is 1. The van der Waals surface area contributed by atoms with Gasteiger partial charge in [0, 0.05) is 39.1 Å². The number of nitrogens with zero attached hydrogens (tertiary/aromatic N) is 5. The van der Waals surface area contributed by atoms with Crippen LogP contribution >= 0.6 is 0 Å². The van der Waals surface area contributed by atoms with E-state index >= 15 is 0 Å². The molecule has 27 heavy (non-hydrogen) atoms. The number of piperazine rings is 1. The van der Waals surface area contributed by atoms with Crippen molar-refractivity contribution in [3.8, 4) is 0 Å². The molecule has 2 heterocycles. The highest BCUT2D eigenvalue weighted by Crippen LogP contribution is 2.17. The first-order valence-electron chi connectivity index (χ1n) is 8.85. The molecule has 1 fully saturated rings. The highest BCUT2D eigenvalue weighted by Gasteiger charge is 2.22. The Hall–Kier alpha value is -2.81. The molecular weight excluding hydrogens is 353 g/mol. The summed E-state index contributed by atoms with van der Waals surface area (Å²) in [5, 5.41) is 14.8. The first-order valence-corrected chi connectivity index (χ1v) is 8.85. The molecule has 0 bridgehead atoms. The Kier molecular flexibility index (Phi) is 5.80. The Bertz CT molecular complexity index is 813. The number of amides is 1. The molecule has 0 spiro atoms. The van der Waals surface area contributed by atoms with Crippen molar-refractivity contribution in [2.45, 2.75) is 26.4 Å². The van der Waals surface area contributed by atoms with Crippen molar-refractivity contribution < 1.29 is 14.1 Å². The molecule has 3 rings (SSSR count). The SMILES string of the molecule is Cc1c([N+](=O)[O-])cnn1CCC(=O)N1CCN(Cc2ccc(F)cc2)CC1. The summed E-state index contributed by atoms with van der Waals surface area (Å²) in [5.74, 6) is -0.221. The van der Waals surface area contributed by atoms with Crippen molar-refractivity contribution in [2.75, 3.05) is 26.2 Å². The van der Waals surface area contributed by atoms with Crippen molar-refractivity contribution >= 4 is 11.6 Å². The van der Waals surface area contributed by atoms with Crippen LogP contribution in [-0.2, 0) is 17.9 Å². The minimum Gasteiger partial charge on any atom is -0.340 e. The number of halogens is 1. The molecule has 0 aliphatic carbocycles. The summed E-state index contributed by atoms with van der Waals surface area (Å²) in [7, 11) is 0. The standard InChI is InChI=1S/C18H22FN5O3/c1-14-17(24(26)27)12-20-23(14)7-6-18(25)22-10-8-21(9-11-22)13-15-2-4-16(19)5-3-15/h2-5,12H,6-11,13H2,1H3. The average molecular weight is 375 g/mol. The van der Waals surface area contributed by atoms with Gasteiger partial charge in [-0.05, 0) is 24.6 Å². The Balaban J connectivity index is 1.46.